The second-order valence-corrected chi connectivity index (χ2v) is 5.75. The molecule has 0 heterocycles. The molecule has 1 amide bonds. The third-order valence-corrected chi connectivity index (χ3v) is 3.80. The lowest BCUT2D eigenvalue weighted by molar-refractivity contribution is -0.116. The predicted molar refractivity (Wildman–Crippen MR) is 90.9 cm³/mol. The summed E-state index contributed by atoms with van der Waals surface area (Å²) in [4.78, 5) is 12.1. The summed E-state index contributed by atoms with van der Waals surface area (Å²) in [5.74, 6) is 0.865. The van der Waals surface area contributed by atoms with Gasteiger partial charge in [-0.15, -0.1) is 0 Å². The van der Waals surface area contributed by atoms with Crippen LogP contribution in [-0.2, 0) is 11.2 Å². The molecule has 0 atom stereocenters. The zero-order valence-corrected chi connectivity index (χ0v) is 13.8. The van der Waals surface area contributed by atoms with E-state index in [2.05, 4.69) is 11.4 Å². The second-order valence-electron chi connectivity index (χ2n) is 5.31. The molecule has 2 rings (SSSR count). The molecule has 0 aromatic heterocycles. The number of amides is 1. The number of rotatable bonds is 5. The molecule has 2 aromatic rings. The van der Waals surface area contributed by atoms with Gasteiger partial charge >= 0.3 is 0 Å². The van der Waals surface area contributed by atoms with Gasteiger partial charge in [0.2, 0.25) is 5.91 Å². The van der Waals surface area contributed by atoms with Crippen molar-refractivity contribution < 1.29 is 9.53 Å². The smallest absolute Gasteiger partial charge is 0.224 e. The molecule has 0 aliphatic heterocycles. The maximum Gasteiger partial charge on any atom is 0.224 e. The molecule has 22 heavy (non-hydrogen) atoms. The number of benzene rings is 2. The highest BCUT2D eigenvalue weighted by Crippen LogP contribution is 2.21. The Morgan fingerprint density at radius 1 is 1.14 bits per heavy atom. The third kappa shape index (κ3) is 4.25. The molecule has 4 heteroatoms. The molecule has 0 bridgehead atoms. The van der Waals surface area contributed by atoms with Crippen molar-refractivity contribution in [1.29, 1.82) is 0 Å². The van der Waals surface area contributed by atoms with Crippen LogP contribution in [0.3, 0.4) is 0 Å². The number of carbonyl (C=O) groups is 1. The Hall–Kier alpha value is -2.00. The lowest BCUT2D eigenvalue weighted by Crippen LogP contribution is -2.13. The molecule has 0 radical (unpaired) electrons. The van der Waals surface area contributed by atoms with Gasteiger partial charge in [-0.1, -0.05) is 23.7 Å². The van der Waals surface area contributed by atoms with Gasteiger partial charge in [0.25, 0.3) is 0 Å². The minimum absolute atomic E-state index is 0.00102. The van der Waals surface area contributed by atoms with Crippen LogP contribution in [0, 0.1) is 13.8 Å². The van der Waals surface area contributed by atoms with E-state index in [4.69, 9.17) is 16.3 Å². The van der Waals surface area contributed by atoms with E-state index in [1.807, 2.05) is 38.1 Å². The van der Waals surface area contributed by atoms with Gasteiger partial charge in [-0.2, -0.15) is 0 Å². The molecule has 3 nitrogen and oxygen atoms in total. The Balaban J connectivity index is 1.94. The van der Waals surface area contributed by atoms with Crippen LogP contribution in [0.5, 0.6) is 5.75 Å². The van der Waals surface area contributed by atoms with Gasteiger partial charge in [0.1, 0.15) is 5.75 Å². The molecule has 0 saturated carbocycles. The molecular weight excluding hydrogens is 298 g/mol. The average molecular weight is 318 g/mol. The van der Waals surface area contributed by atoms with E-state index >= 15 is 0 Å². The molecule has 2 aromatic carbocycles. The Morgan fingerprint density at radius 2 is 1.91 bits per heavy atom. The molecular formula is C18H20ClNO2. The molecule has 0 aliphatic carbocycles. The number of aryl methyl sites for hydroxylation is 3. The number of nitrogens with one attached hydrogen (secondary N) is 1. The largest absolute Gasteiger partial charge is 0.496 e. The van der Waals surface area contributed by atoms with Crippen LogP contribution in [-0.4, -0.2) is 13.0 Å². The number of carbonyl (C=O) groups excluding carboxylic acids is 1. The zero-order valence-electron chi connectivity index (χ0n) is 13.1. The highest BCUT2D eigenvalue weighted by molar-refractivity contribution is 6.30. The van der Waals surface area contributed by atoms with Crippen LogP contribution in [0.15, 0.2) is 36.4 Å². The summed E-state index contributed by atoms with van der Waals surface area (Å²) >= 11 is 5.91. The minimum atomic E-state index is -0.00102. The van der Waals surface area contributed by atoms with Crippen LogP contribution >= 0.6 is 11.6 Å². The average Bonchev–Trinajstić information content (AvgIpc) is 2.48. The quantitative estimate of drug-likeness (QED) is 0.879. The Bertz CT molecular complexity index is 683. The van der Waals surface area contributed by atoms with E-state index in [1.165, 1.54) is 0 Å². The highest BCUT2D eigenvalue weighted by Gasteiger charge is 2.07. The molecule has 0 saturated heterocycles. The van der Waals surface area contributed by atoms with Crippen molar-refractivity contribution in [2.24, 2.45) is 0 Å². The molecule has 0 fully saturated rings. The van der Waals surface area contributed by atoms with E-state index in [1.54, 1.807) is 13.2 Å². The summed E-state index contributed by atoms with van der Waals surface area (Å²) in [5, 5.41) is 3.59. The first-order valence-electron chi connectivity index (χ1n) is 7.19. The number of methoxy groups -OCH3 is 1. The first-order chi connectivity index (χ1) is 10.5. The van der Waals surface area contributed by atoms with Crippen molar-refractivity contribution in [2.75, 3.05) is 12.4 Å². The van der Waals surface area contributed by atoms with E-state index in [0.717, 1.165) is 28.1 Å². The fraction of sp³-hybridized carbons (Fsp3) is 0.278. The van der Waals surface area contributed by atoms with Gasteiger partial charge in [0.15, 0.2) is 0 Å². The zero-order chi connectivity index (χ0) is 16.1. The van der Waals surface area contributed by atoms with Crippen LogP contribution in [0.2, 0.25) is 5.02 Å². The molecule has 1 N–H and O–H groups in total. The first kappa shape index (κ1) is 16.4. The minimum Gasteiger partial charge on any atom is -0.496 e. The Morgan fingerprint density at radius 3 is 2.55 bits per heavy atom. The summed E-state index contributed by atoms with van der Waals surface area (Å²) < 4.78 is 5.24. The maximum absolute atomic E-state index is 12.1. The monoisotopic (exact) mass is 317 g/mol. The number of anilines is 1. The molecule has 0 spiro atoms. The topological polar surface area (TPSA) is 38.3 Å². The van der Waals surface area contributed by atoms with Crippen LogP contribution in [0.25, 0.3) is 0 Å². The number of hydrogen-bond acceptors (Lipinski definition) is 2. The summed E-state index contributed by atoms with van der Waals surface area (Å²) in [6.45, 7) is 3.92. The van der Waals surface area contributed by atoms with Crippen LogP contribution in [0.1, 0.15) is 23.1 Å². The van der Waals surface area contributed by atoms with Crippen molar-refractivity contribution in [2.45, 2.75) is 26.7 Å². The standard InChI is InChI=1S/C18H20ClNO2/c1-12-11-15(19)6-7-16(12)20-18(21)9-5-14-4-8-17(22-3)13(2)10-14/h4,6-8,10-11H,5,9H2,1-3H3,(H,20,21). The summed E-state index contributed by atoms with van der Waals surface area (Å²) in [6.07, 6.45) is 1.14. The van der Waals surface area contributed by atoms with E-state index in [-0.39, 0.29) is 5.91 Å². The summed E-state index contributed by atoms with van der Waals surface area (Å²) in [5.41, 5.74) is 3.97. The Kier molecular flexibility index (Phi) is 5.45. The van der Waals surface area contributed by atoms with Gasteiger partial charge in [-0.3, -0.25) is 4.79 Å². The first-order valence-corrected chi connectivity index (χ1v) is 7.57. The van der Waals surface area contributed by atoms with Crippen molar-refractivity contribution in [1.82, 2.24) is 0 Å². The van der Waals surface area contributed by atoms with Gasteiger partial charge in [0, 0.05) is 17.1 Å². The molecule has 0 aliphatic rings. The van der Waals surface area contributed by atoms with Crippen molar-refractivity contribution in [3.63, 3.8) is 0 Å². The SMILES string of the molecule is COc1ccc(CCC(=O)Nc2ccc(Cl)cc2C)cc1C. The fourth-order valence-corrected chi connectivity index (χ4v) is 2.56. The lowest BCUT2D eigenvalue weighted by atomic mass is 10.1. The van der Waals surface area contributed by atoms with Gasteiger partial charge in [-0.05, 0) is 61.2 Å². The van der Waals surface area contributed by atoms with Crippen LogP contribution in [0.4, 0.5) is 5.69 Å². The third-order valence-electron chi connectivity index (χ3n) is 3.56. The van der Waals surface area contributed by atoms with Gasteiger partial charge in [-0.25, -0.2) is 0 Å². The van der Waals surface area contributed by atoms with Crippen LogP contribution < -0.4 is 10.1 Å². The van der Waals surface area contributed by atoms with E-state index < -0.39 is 0 Å². The summed E-state index contributed by atoms with van der Waals surface area (Å²) in [7, 11) is 1.66. The predicted octanol–water partition coefficient (Wildman–Crippen LogP) is 4.54. The van der Waals surface area contributed by atoms with Gasteiger partial charge in [0.05, 0.1) is 7.11 Å². The second kappa shape index (κ2) is 7.32. The van der Waals surface area contributed by atoms with Crippen molar-refractivity contribution >= 4 is 23.2 Å². The fourth-order valence-electron chi connectivity index (χ4n) is 2.33. The number of hydrogen-bond donors (Lipinski definition) is 1. The summed E-state index contributed by atoms with van der Waals surface area (Å²) in [6, 6.07) is 11.4. The van der Waals surface area contributed by atoms with E-state index in [0.29, 0.717) is 17.9 Å². The highest BCUT2D eigenvalue weighted by atomic mass is 35.5. The number of halogens is 1. The van der Waals surface area contributed by atoms with Crippen molar-refractivity contribution in [3.05, 3.63) is 58.1 Å². The van der Waals surface area contributed by atoms with E-state index in [9.17, 15) is 4.79 Å². The molecule has 0 unspecified atom stereocenters. The number of ether oxygens (including phenoxy) is 1. The molecule has 116 valence electrons. The van der Waals surface area contributed by atoms with Gasteiger partial charge < -0.3 is 10.1 Å². The maximum atomic E-state index is 12.1. The normalized spacial score (nSPS) is 10.4. The Labute approximate surface area is 136 Å². The lowest BCUT2D eigenvalue weighted by Gasteiger charge is -2.10. The van der Waals surface area contributed by atoms with Crippen molar-refractivity contribution in [3.8, 4) is 5.75 Å².